The van der Waals surface area contributed by atoms with Crippen LogP contribution in [0.25, 0.3) is 0 Å². The third-order valence-corrected chi connectivity index (χ3v) is 0.536. The summed E-state index contributed by atoms with van der Waals surface area (Å²) in [6, 6.07) is 0. The molecule has 0 aromatic carbocycles. The monoisotopic (exact) mass is 224 g/mol. The van der Waals surface area contributed by atoms with E-state index in [0.29, 0.717) is 0 Å². The first kappa shape index (κ1) is 19.2. The maximum atomic E-state index is 9.38. The van der Waals surface area contributed by atoms with E-state index in [4.69, 9.17) is 10.2 Å². The lowest BCUT2D eigenvalue weighted by atomic mass is 10.6. The fraction of sp³-hybridized carbons (Fsp3) is 0.778. The molecule has 2 N–H and O–H groups in total. The van der Waals surface area contributed by atoms with E-state index < -0.39 is 12.3 Å². The predicted octanol–water partition coefficient (Wildman–Crippen LogP) is 2.82. The molecule has 6 nitrogen and oxygen atoms in total. The molecular weight excluding hydrogens is 204 g/mol. The van der Waals surface area contributed by atoms with Crippen molar-refractivity contribution in [2.45, 2.75) is 34.1 Å². The van der Waals surface area contributed by atoms with Crippen LogP contribution in [-0.4, -0.2) is 35.7 Å². The van der Waals surface area contributed by atoms with Gasteiger partial charge < -0.3 is 19.7 Å². The minimum absolute atomic E-state index is 0.231. The van der Waals surface area contributed by atoms with Crippen LogP contribution in [0.2, 0.25) is 0 Å². The minimum Gasteiger partial charge on any atom is -0.450 e. The van der Waals surface area contributed by atoms with Crippen molar-refractivity contribution in [1.82, 2.24) is 0 Å². The van der Waals surface area contributed by atoms with Gasteiger partial charge in [0.1, 0.15) is 0 Å². The molecule has 0 spiro atoms. The molecule has 0 radical (unpaired) electrons. The van der Waals surface area contributed by atoms with Gasteiger partial charge in [0, 0.05) is 0 Å². The fourth-order valence-electron chi connectivity index (χ4n) is 0.247. The number of ether oxygens (including phenoxy) is 2. The Bertz CT molecular complexity index is 130. The summed E-state index contributed by atoms with van der Waals surface area (Å²) in [6.07, 6.45) is -1.17. The molecule has 0 aliphatic rings. The summed E-state index contributed by atoms with van der Waals surface area (Å²) < 4.78 is 7.92. The predicted molar refractivity (Wildman–Crippen MR) is 55.3 cm³/mol. The molecule has 0 amide bonds. The highest BCUT2D eigenvalue weighted by Crippen LogP contribution is 1.70. The maximum Gasteiger partial charge on any atom is 0.505 e. The van der Waals surface area contributed by atoms with Crippen LogP contribution in [-0.2, 0) is 9.47 Å². The maximum absolute atomic E-state index is 9.38. The third kappa shape index (κ3) is 67.6. The largest absolute Gasteiger partial charge is 0.505 e. The van der Waals surface area contributed by atoms with Crippen LogP contribution >= 0.6 is 0 Å². The third-order valence-electron chi connectivity index (χ3n) is 0.536. The Hall–Kier alpha value is -1.46. The van der Waals surface area contributed by atoms with Crippen LogP contribution in [0.3, 0.4) is 0 Å². The van der Waals surface area contributed by atoms with Crippen molar-refractivity contribution in [3.05, 3.63) is 0 Å². The lowest BCUT2D eigenvalue weighted by molar-refractivity contribution is 0.0953. The Morgan fingerprint density at radius 1 is 0.867 bits per heavy atom. The van der Waals surface area contributed by atoms with E-state index in [2.05, 4.69) is 23.3 Å². The molecule has 0 fully saturated rings. The van der Waals surface area contributed by atoms with Gasteiger partial charge in [-0.2, -0.15) is 0 Å². The van der Waals surface area contributed by atoms with E-state index in [1.54, 1.807) is 13.8 Å². The summed E-state index contributed by atoms with van der Waals surface area (Å²) in [7, 11) is 0. The van der Waals surface area contributed by atoms with Crippen molar-refractivity contribution in [2.24, 2.45) is 0 Å². The molecule has 0 saturated carbocycles. The number of hydrogen-bond donors (Lipinski definition) is 2. The Balaban J connectivity index is -0.000000153. The molecule has 6 heteroatoms. The molecule has 0 atom stereocenters. The van der Waals surface area contributed by atoms with Crippen LogP contribution in [0.5, 0.6) is 0 Å². The van der Waals surface area contributed by atoms with Gasteiger partial charge in [0.2, 0.25) is 0 Å². The second-order valence-corrected chi connectivity index (χ2v) is 2.10. The van der Waals surface area contributed by atoms with Gasteiger partial charge in [-0.3, -0.25) is 0 Å². The number of rotatable bonds is 2. The Kier molecular flexibility index (Phi) is 23.4. The van der Waals surface area contributed by atoms with Crippen LogP contribution in [0.1, 0.15) is 34.1 Å². The summed E-state index contributed by atoms with van der Waals surface area (Å²) in [5.41, 5.74) is 0. The zero-order chi connectivity index (χ0) is 12.7. The van der Waals surface area contributed by atoms with Gasteiger partial charge in [-0.25, -0.2) is 9.59 Å². The average Bonchev–Trinajstić information content (AvgIpc) is 2.05. The van der Waals surface area contributed by atoms with E-state index in [1.165, 1.54) is 6.42 Å². The lowest BCUT2D eigenvalue weighted by Crippen LogP contribution is -1.97. The highest BCUT2D eigenvalue weighted by atomic mass is 16.7. The standard InChI is InChI=1S/2C3H6O3.C3H8/c2*1-2-6-3(4)5;1-3-2/h2*2H2,1H3,(H,4,5);3H2,1-2H3. The summed E-state index contributed by atoms with van der Waals surface area (Å²) in [5, 5.41) is 15.4. The summed E-state index contributed by atoms with van der Waals surface area (Å²) in [4.78, 5) is 18.8. The van der Waals surface area contributed by atoms with Gasteiger partial charge in [0.05, 0.1) is 13.2 Å². The molecule has 0 aromatic heterocycles. The van der Waals surface area contributed by atoms with Crippen molar-refractivity contribution in [3.63, 3.8) is 0 Å². The van der Waals surface area contributed by atoms with Gasteiger partial charge in [-0.05, 0) is 13.8 Å². The number of carbonyl (C=O) groups is 2. The first-order valence-electron chi connectivity index (χ1n) is 4.67. The molecular formula is C9H20O6. The molecule has 0 rings (SSSR count). The molecule has 92 valence electrons. The Morgan fingerprint density at radius 2 is 1.07 bits per heavy atom. The van der Waals surface area contributed by atoms with Crippen molar-refractivity contribution >= 4 is 12.3 Å². The summed E-state index contributed by atoms with van der Waals surface area (Å²) >= 11 is 0. The highest BCUT2D eigenvalue weighted by Gasteiger charge is 1.86. The Morgan fingerprint density at radius 3 is 1.07 bits per heavy atom. The summed E-state index contributed by atoms with van der Waals surface area (Å²) in [6.45, 7) is 7.95. The van der Waals surface area contributed by atoms with E-state index in [1.807, 2.05) is 0 Å². The lowest BCUT2D eigenvalue weighted by Gasteiger charge is -1.87. The highest BCUT2D eigenvalue weighted by molar-refractivity contribution is 5.56. The normalized spacial score (nSPS) is 7.20. The number of hydrogen-bond acceptors (Lipinski definition) is 4. The van der Waals surface area contributed by atoms with Gasteiger partial charge >= 0.3 is 12.3 Å². The second kappa shape index (κ2) is 18.3. The van der Waals surface area contributed by atoms with E-state index >= 15 is 0 Å². The summed E-state index contributed by atoms with van der Waals surface area (Å²) in [5.74, 6) is 0. The second-order valence-electron chi connectivity index (χ2n) is 2.10. The van der Waals surface area contributed by atoms with Gasteiger partial charge in [0.15, 0.2) is 0 Å². The van der Waals surface area contributed by atoms with Crippen LogP contribution in [0.4, 0.5) is 9.59 Å². The molecule has 0 aliphatic carbocycles. The van der Waals surface area contributed by atoms with Crippen molar-refractivity contribution < 1.29 is 29.3 Å². The molecule has 0 aliphatic heterocycles. The smallest absolute Gasteiger partial charge is 0.450 e. The SMILES string of the molecule is CCC.CCOC(=O)O.CCOC(=O)O. The van der Waals surface area contributed by atoms with Crippen LogP contribution in [0.15, 0.2) is 0 Å². The molecule has 0 bridgehead atoms. The van der Waals surface area contributed by atoms with Crippen molar-refractivity contribution in [1.29, 1.82) is 0 Å². The van der Waals surface area contributed by atoms with Crippen molar-refractivity contribution in [3.8, 4) is 0 Å². The van der Waals surface area contributed by atoms with Crippen molar-refractivity contribution in [2.75, 3.05) is 13.2 Å². The molecule has 0 saturated heterocycles. The topological polar surface area (TPSA) is 93.1 Å². The molecule has 0 heterocycles. The van der Waals surface area contributed by atoms with E-state index in [9.17, 15) is 9.59 Å². The van der Waals surface area contributed by atoms with Crippen LogP contribution < -0.4 is 0 Å². The van der Waals surface area contributed by atoms with Gasteiger partial charge in [0.25, 0.3) is 0 Å². The number of carboxylic acid groups (broad SMARTS) is 2. The minimum atomic E-state index is -1.21. The van der Waals surface area contributed by atoms with Crippen LogP contribution in [0, 0.1) is 0 Å². The Labute approximate surface area is 89.8 Å². The zero-order valence-electron chi connectivity index (χ0n) is 9.65. The molecule has 0 unspecified atom stereocenters. The van der Waals surface area contributed by atoms with E-state index in [0.717, 1.165) is 0 Å². The zero-order valence-corrected chi connectivity index (χ0v) is 9.65. The van der Waals surface area contributed by atoms with E-state index in [-0.39, 0.29) is 13.2 Å². The quantitative estimate of drug-likeness (QED) is 0.700. The molecule has 15 heavy (non-hydrogen) atoms. The fourth-order valence-corrected chi connectivity index (χ4v) is 0.247. The first-order valence-corrected chi connectivity index (χ1v) is 4.67. The van der Waals surface area contributed by atoms with Gasteiger partial charge in [-0.1, -0.05) is 20.3 Å². The van der Waals surface area contributed by atoms with Gasteiger partial charge in [-0.15, -0.1) is 0 Å². The average molecular weight is 224 g/mol. The molecule has 0 aromatic rings. The first-order chi connectivity index (χ1) is 6.95.